The number of thiophene rings is 1. The zero-order valence-corrected chi connectivity index (χ0v) is 15.3. The monoisotopic (exact) mass is 373 g/mol. The Hall–Kier alpha value is -1.41. The lowest BCUT2D eigenvalue weighted by Gasteiger charge is -2.15. The number of hydrogen-bond acceptors (Lipinski definition) is 5. The SMILES string of the molecule is Cc1ccc(OC(=O)CN(C)S(=O)(=O)c2ccc(Cl)s2)c(C)c1. The molecule has 0 fully saturated rings. The molecule has 124 valence electrons. The van der Waals surface area contributed by atoms with E-state index in [2.05, 4.69) is 0 Å². The van der Waals surface area contributed by atoms with E-state index in [1.807, 2.05) is 26.0 Å². The van der Waals surface area contributed by atoms with E-state index >= 15 is 0 Å². The topological polar surface area (TPSA) is 63.7 Å². The van der Waals surface area contributed by atoms with Gasteiger partial charge < -0.3 is 4.74 Å². The quantitative estimate of drug-likeness (QED) is 0.596. The molecule has 0 aliphatic carbocycles. The molecule has 0 unspecified atom stereocenters. The van der Waals surface area contributed by atoms with E-state index in [0.29, 0.717) is 10.1 Å². The summed E-state index contributed by atoms with van der Waals surface area (Å²) in [6.07, 6.45) is 0. The number of aryl methyl sites for hydroxylation is 2. The zero-order chi connectivity index (χ0) is 17.2. The predicted octanol–water partition coefficient (Wildman–Crippen LogP) is 3.24. The van der Waals surface area contributed by atoms with Crippen LogP contribution in [0.2, 0.25) is 4.34 Å². The number of ether oxygens (including phenoxy) is 1. The number of sulfonamides is 1. The van der Waals surface area contributed by atoms with Crippen molar-refractivity contribution in [1.82, 2.24) is 4.31 Å². The van der Waals surface area contributed by atoms with Gasteiger partial charge in [-0.15, -0.1) is 11.3 Å². The summed E-state index contributed by atoms with van der Waals surface area (Å²) in [6.45, 7) is 3.37. The van der Waals surface area contributed by atoms with Crippen LogP contribution in [0.4, 0.5) is 0 Å². The second-order valence-electron chi connectivity index (χ2n) is 5.06. The van der Waals surface area contributed by atoms with Crippen LogP contribution in [0.25, 0.3) is 0 Å². The predicted molar refractivity (Wildman–Crippen MR) is 90.7 cm³/mol. The molecule has 8 heteroatoms. The Morgan fingerprint density at radius 3 is 2.52 bits per heavy atom. The van der Waals surface area contributed by atoms with E-state index in [0.717, 1.165) is 26.8 Å². The summed E-state index contributed by atoms with van der Waals surface area (Å²) in [6, 6.07) is 8.31. The molecule has 0 saturated carbocycles. The fourth-order valence-electron chi connectivity index (χ4n) is 1.93. The van der Waals surface area contributed by atoms with Gasteiger partial charge in [0.1, 0.15) is 16.5 Å². The molecule has 1 aromatic carbocycles. The fourth-order valence-corrected chi connectivity index (χ4v) is 4.73. The third-order valence-corrected chi connectivity index (χ3v) is 6.62. The molecule has 0 radical (unpaired) electrons. The van der Waals surface area contributed by atoms with Crippen molar-refractivity contribution in [3.63, 3.8) is 0 Å². The summed E-state index contributed by atoms with van der Waals surface area (Å²) < 4.78 is 31.3. The summed E-state index contributed by atoms with van der Waals surface area (Å²) in [7, 11) is -2.43. The third kappa shape index (κ3) is 4.32. The molecule has 5 nitrogen and oxygen atoms in total. The largest absolute Gasteiger partial charge is 0.425 e. The smallest absolute Gasteiger partial charge is 0.326 e. The minimum Gasteiger partial charge on any atom is -0.425 e. The summed E-state index contributed by atoms with van der Waals surface area (Å²) in [5, 5.41) is 0. The highest BCUT2D eigenvalue weighted by molar-refractivity contribution is 7.91. The molecule has 1 heterocycles. The average Bonchev–Trinajstić information content (AvgIpc) is 2.89. The first kappa shape index (κ1) is 17.9. The van der Waals surface area contributed by atoms with Gasteiger partial charge in [-0.05, 0) is 37.6 Å². The molecule has 0 aliphatic heterocycles. The van der Waals surface area contributed by atoms with E-state index in [1.54, 1.807) is 6.07 Å². The van der Waals surface area contributed by atoms with Gasteiger partial charge in [-0.1, -0.05) is 29.3 Å². The van der Waals surface area contributed by atoms with Crippen LogP contribution in [0.5, 0.6) is 5.75 Å². The van der Waals surface area contributed by atoms with E-state index in [4.69, 9.17) is 16.3 Å². The Morgan fingerprint density at radius 1 is 1.26 bits per heavy atom. The van der Waals surface area contributed by atoms with Gasteiger partial charge in [-0.2, -0.15) is 4.31 Å². The van der Waals surface area contributed by atoms with Crippen molar-refractivity contribution in [3.8, 4) is 5.75 Å². The second-order valence-corrected chi connectivity index (χ2v) is 9.05. The van der Waals surface area contributed by atoms with Gasteiger partial charge in [-0.25, -0.2) is 8.42 Å². The van der Waals surface area contributed by atoms with Crippen LogP contribution in [0.15, 0.2) is 34.5 Å². The average molecular weight is 374 g/mol. The van der Waals surface area contributed by atoms with Gasteiger partial charge in [0.05, 0.1) is 4.34 Å². The number of carbonyl (C=O) groups is 1. The lowest BCUT2D eigenvalue weighted by molar-refractivity contribution is -0.134. The fraction of sp³-hybridized carbons (Fsp3) is 0.267. The van der Waals surface area contributed by atoms with Crippen molar-refractivity contribution in [1.29, 1.82) is 0 Å². The first-order valence-corrected chi connectivity index (χ1v) is 9.33. The number of esters is 1. The van der Waals surface area contributed by atoms with E-state index in [1.165, 1.54) is 19.2 Å². The van der Waals surface area contributed by atoms with Crippen LogP contribution in [-0.2, 0) is 14.8 Å². The van der Waals surface area contributed by atoms with Gasteiger partial charge in [0.25, 0.3) is 10.0 Å². The molecule has 2 aromatic rings. The number of likely N-dealkylation sites (N-methyl/N-ethyl adjacent to an activating group) is 1. The molecule has 0 spiro atoms. The van der Waals surface area contributed by atoms with Crippen molar-refractivity contribution in [2.45, 2.75) is 18.1 Å². The summed E-state index contributed by atoms with van der Waals surface area (Å²) >= 11 is 6.70. The molecule has 1 aromatic heterocycles. The number of halogens is 1. The Morgan fingerprint density at radius 2 is 1.96 bits per heavy atom. The number of nitrogens with zero attached hydrogens (tertiary/aromatic N) is 1. The molecule has 0 amide bonds. The maximum Gasteiger partial charge on any atom is 0.326 e. The molecule has 0 aliphatic rings. The Labute approximate surface area is 144 Å². The molecule has 2 rings (SSSR count). The Bertz CT molecular complexity index is 830. The molecule has 0 bridgehead atoms. The lowest BCUT2D eigenvalue weighted by Crippen LogP contribution is -2.33. The van der Waals surface area contributed by atoms with E-state index in [9.17, 15) is 13.2 Å². The van der Waals surface area contributed by atoms with Crippen molar-refractivity contribution >= 4 is 38.9 Å². The maximum atomic E-state index is 12.3. The van der Waals surface area contributed by atoms with Gasteiger partial charge in [0.15, 0.2) is 0 Å². The van der Waals surface area contributed by atoms with Crippen molar-refractivity contribution < 1.29 is 17.9 Å². The van der Waals surface area contributed by atoms with E-state index < -0.39 is 16.0 Å². The molecule has 0 N–H and O–H groups in total. The maximum absolute atomic E-state index is 12.3. The lowest BCUT2D eigenvalue weighted by atomic mass is 10.1. The molecular formula is C15H16ClNO4S2. The van der Waals surface area contributed by atoms with Crippen LogP contribution in [0.3, 0.4) is 0 Å². The van der Waals surface area contributed by atoms with Gasteiger partial charge in [-0.3, -0.25) is 4.79 Å². The minimum atomic E-state index is -3.76. The Balaban J connectivity index is 2.07. The van der Waals surface area contributed by atoms with Gasteiger partial charge in [0.2, 0.25) is 0 Å². The Kier molecular flexibility index (Phi) is 5.46. The number of benzene rings is 1. The minimum absolute atomic E-state index is 0.0873. The molecule has 0 saturated heterocycles. The number of rotatable bonds is 5. The van der Waals surface area contributed by atoms with Crippen LogP contribution >= 0.6 is 22.9 Å². The summed E-state index contributed by atoms with van der Waals surface area (Å²) in [5.74, 6) is -0.226. The normalized spacial score (nSPS) is 11.7. The number of carbonyl (C=O) groups excluding carboxylic acids is 1. The highest BCUT2D eigenvalue weighted by Crippen LogP contribution is 2.27. The molecule has 23 heavy (non-hydrogen) atoms. The van der Waals surface area contributed by atoms with Crippen molar-refractivity contribution in [3.05, 3.63) is 45.8 Å². The molecule has 0 atom stereocenters. The molecular weight excluding hydrogens is 358 g/mol. The highest BCUT2D eigenvalue weighted by Gasteiger charge is 2.25. The zero-order valence-electron chi connectivity index (χ0n) is 12.9. The first-order chi connectivity index (χ1) is 10.7. The standard InChI is InChI=1S/C15H16ClNO4S2/c1-10-4-5-12(11(2)8-10)21-14(18)9-17(3)23(19,20)15-7-6-13(16)22-15/h4-8H,9H2,1-3H3. The van der Waals surface area contributed by atoms with Crippen LogP contribution < -0.4 is 4.74 Å². The van der Waals surface area contributed by atoms with Crippen LogP contribution in [0.1, 0.15) is 11.1 Å². The number of hydrogen-bond donors (Lipinski definition) is 0. The third-order valence-electron chi connectivity index (χ3n) is 3.12. The van der Waals surface area contributed by atoms with Crippen molar-refractivity contribution in [2.75, 3.05) is 13.6 Å². The van der Waals surface area contributed by atoms with Gasteiger partial charge >= 0.3 is 5.97 Å². The summed E-state index contributed by atoms with van der Waals surface area (Å²) in [5.41, 5.74) is 1.87. The van der Waals surface area contributed by atoms with Crippen molar-refractivity contribution in [2.24, 2.45) is 0 Å². The summed E-state index contributed by atoms with van der Waals surface area (Å²) in [4.78, 5) is 12.0. The highest BCUT2D eigenvalue weighted by atomic mass is 35.5. The van der Waals surface area contributed by atoms with E-state index in [-0.39, 0.29) is 10.8 Å². The van der Waals surface area contributed by atoms with Gasteiger partial charge in [0, 0.05) is 7.05 Å². The van der Waals surface area contributed by atoms with Crippen LogP contribution in [0, 0.1) is 13.8 Å². The first-order valence-electron chi connectivity index (χ1n) is 6.70. The second kappa shape index (κ2) is 7.00. The van der Waals surface area contributed by atoms with Crippen LogP contribution in [-0.4, -0.2) is 32.3 Å².